The number of carbonyl (C=O) groups excluding carboxylic acids is 1. The zero-order valence-electron chi connectivity index (χ0n) is 16.6. The third-order valence-electron chi connectivity index (χ3n) is 4.26. The molecule has 4 aromatic rings. The minimum atomic E-state index is -0.316. The summed E-state index contributed by atoms with van der Waals surface area (Å²) in [6.45, 7) is 2.53. The molecule has 2 aromatic carbocycles. The molecule has 0 fully saturated rings. The molecule has 1 amide bonds. The Balaban J connectivity index is 1.56. The monoisotopic (exact) mass is 441 g/mol. The molecule has 9 heteroatoms. The highest BCUT2D eigenvalue weighted by atomic mass is 32.1. The average Bonchev–Trinajstić information content (AvgIpc) is 3.40. The van der Waals surface area contributed by atoms with Gasteiger partial charge in [0.1, 0.15) is 16.5 Å². The number of para-hydroxylation sites is 1. The molecule has 0 aliphatic rings. The maximum Gasteiger partial charge on any atom is 0.276 e. The van der Waals surface area contributed by atoms with Crippen molar-refractivity contribution in [3.8, 4) is 27.8 Å². The number of hydrogen-bond donors (Lipinski definition) is 1. The highest BCUT2D eigenvalue weighted by Crippen LogP contribution is 2.39. The van der Waals surface area contributed by atoms with Crippen LogP contribution in [-0.2, 0) is 0 Å². The van der Waals surface area contributed by atoms with Gasteiger partial charge in [-0.05, 0) is 37.3 Å². The predicted molar refractivity (Wildman–Crippen MR) is 119 cm³/mol. The molecular weight excluding hydrogens is 422 g/mol. The lowest BCUT2D eigenvalue weighted by atomic mass is 10.2. The fraction of sp³-hybridized carbons (Fsp3) is 0.190. The van der Waals surface area contributed by atoms with Crippen LogP contribution in [0.4, 0.5) is 5.13 Å². The van der Waals surface area contributed by atoms with Gasteiger partial charge in [-0.3, -0.25) is 10.1 Å². The maximum absolute atomic E-state index is 12.7. The fourth-order valence-electron chi connectivity index (χ4n) is 2.93. The van der Waals surface area contributed by atoms with Crippen LogP contribution in [0.25, 0.3) is 20.8 Å². The van der Waals surface area contributed by atoms with E-state index in [1.807, 2.05) is 43.3 Å². The van der Waals surface area contributed by atoms with Crippen LogP contribution in [0, 0.1) is 0 Å². The summed E-state index contributed by atoms with van der Waals surface area (Å²) in [6.07, 6.45) is 0. The zero-order valence-corrected chi connectivity index (χ0v) is 18.2. The van der Waals surface area contributed by atoms with Crippen molar-refractivity contribution in [2.24, 2.45) is 0 Å². The second-order valence-corrected chi connectivity index (χ2v) is 8.00. The van der Waals surface area contributed by atoms with Crippen molar-refractivity contribution in [3.05, 3.63) is 47.5 Å². The van der Waals surface area contributed by atoms with Crippen LogP contribution < -0.4 is 19.5 Å². The Morgan fingerprint density at radius 3 is 2.77 bits per heavy atom. The van der Waals surface area contributed by atoms with Crippen LogP contribution in [-0.4, -0.2) is 36.7 Å². The number of nitrogens with one attached hydrogen (secondary N) is 1. The van der Waals surface area contributed by atoms with Gasteiger partial charge in [0.15, 0.2) is 16.6 Å². The number of amides is 1. The molecule has 7 nitrogen and oxygen atoms in total. The second kappa shape index (κ2) is 8.68. The number of benzene rings is 2. The first-order valence-corrected chi connectivity index (χ1v) is 10.8. The molecule has 1 N–H and O–H groups in total. The molecule has 0 atom stereocenters. The van der Waals surface area contributed by atoms with Gasteiger partial charge in [0, 0.05) is 5.38 Å². The average molecular weight is 442 g/mol. The van der Waals surface area contributed by atoms with Gasteiger partial charge in [0.05, 0.1) is 36.6 Å². The lowest BCUT2D eigenvalue weighted by Crippen LogP contribution is -2.12. The first kappa shape index (κ1) is 20.1. The van der Waals surface area contributed by atoms with Crippen molar-refractivity contribution >= 4 is 43.9 Å². The number of ether oxygens (including phenoxy) is 3. The van der Waals surface area contributed by atoms with Crippen LogP contribution in [0.15, 0.2) is 41.8 Å². The molecule has 0 unspecified atom stereocenters. The molecule has 0 aliphatic carbocycles. The molecule has 0 spiro atoms. The summed E-state index contributed by atoms with van der Waals surface area (Å²) >= 11 is 2.75. The lowest BCUT2D eigenvalue weighted by Gasteiger charge is -2.10. The van der Waals surface area contributed by atoms with E-state index in [0.717, 1.165) is 21.5 Å². The highest BCUT2D eigenvalue weighted by molar-refractivity contribution is 7.22. The summed E-state index contributed by atoms with van der Waals surface area (Å²) in [5.41, 5.74) is 1.89. The number of carbonyl (C=O) groups is 1. The van der Waals surface area contributed by atoms with Gasteiger partial charge in [-0.15, -0.1) is 11.3 Å². The Kier molecular flexibility index (Phi) is 5.82. The number of anilines is 1. The van der Waals surface area contributed by atoms with Crippen LogP contribution in [0.1, 0.15) is 17.4 Å². The van der Waals surface area contributed by atoms with Crippen LogP contribution in [0.3, 0.4) is 0 Å². The van der Waals surface area contributed by atoms with E-state index in [9.17, 15) is 4.79 Å². The third kappa shape index (κ3) is 3.94. The summed E-state index contributed by atoms with van der Waals surface area (Å²) in [6, 6.07) is 11.2. The number of nitrogens with zero attached hydrogens (tertiary/aromatic N) is 2. The molecule has 0 saturated heterocycles. The van der Waals surface area contributed by atoms with E-state index in [1.165, 1.54) is 22.7 Å². The first-order valence-electron chi connectivity index (χ1n) is 9.14. The van der Waals surface area contributed by atoms with Crippen LogP contribution in [0.5, 0.6) is 17.2 Å². The van der Waals surface area contributed by atoms with Crippen molar-refractivity contribution in [1.82, 2.24) is 9.97 Å². The van der Waals surface area contributed by atoms with E-state index < -0.39 is 0 Å². The first-order chi connectivity index (χ1) is 14.6. The summed E-state index contributed by atoms with van der Waals surface area (Å²) in [4.78, 5) is 21.6. The Labute approximate surface area is 181 Å². The van der Waals surface area contributed by atoms with Gasteiger partial charge >= 0.3 is 0 Å². The van der Waals surface area contributed by atoms with Gasteiger partial charge < -0.3 is 14.2 Å². The normalized spacial score (nSPS) is 10.8. The quantitative estimate of drug-likeness (QED) is 0.430. The minimum absolute atomic E-state index is 0.314. The standard InChI is InChI=1S/C21H19N3O4S2/c1-4-28-12-8-9-14-17(10-12)30-21(23-14)24-19(25)15-11-29-20(22-15)13-6-5-7-16(26-2)18(13)27-3/h5-11H,4H2,1-3H3,(H,23,24,25). The van der Waals surface area contributed by atoms with Gasteiger partial charge in [-0.25, -0.2) is 9.97 Å². The molecule has 2 heterocycles. The van der Waals surface area contributed by atoms with Crippen molar-refractivity contribution < 1.29 is 19.0 Å². The predicted octanol–water partition coefficient (Wildman–Crippen LogP) is 5.09. The minimum Gasteiger partial charge on any atom is -0.494 e. The van der Waals surface area contributed by atoms with Crippen molar-refractivity contribution in [2.45, 2.75) is 6.92 Å². The molecule has 0 radical (unpaired) electrons. The molecule has 0 saturated carbocycles. The van der Waals surface area contributed by atoms with Crippen molar-refractivity contribution in [1.29, 1.82) is 0 Å². The van der Waals surface area contributed by atoms with Crippen molar-refractivity contribution in [3.63, 3.8) is 0 Å². The zero-order chi connectivity index (χ0) is 21.1. The van der Waals surface area contributed by atoms with Gasteiger partial charge in [0.25, 0.3) is 5.91 Å². The number of thiazole rings is 2. The Morgan fingerprint density at radius 2 is 2.00 bits per heavy atom. The van der Waals surface area contributed by atoms with E-state index in [2.05, 4.69) is 15.3 Å². The summed E-state index contributed by atoms with van der Waals surface area (Å²) in [7, 11) is 3.16. The molecule has 4 rings (SSSR count). The third-order valence-corrected chi connectivity index (χ3v) is 6.07. The number of aromatic nitrogens is 2. The molecule has 0 aliphatic heterocycles. The SMILES string of the molecule is CCOc1ccc2nc(NC(=O)c3csc(-c4cccc(OC)c4OC)n3)sc2c1. The maximum atomic E-state index is 12.7. The molecule has 154 valence electrons. The molecule has 2 aromatic heterocycles. The second-order valence-electron chi connectivity index (χ2n) is 6.11. The summed E-state index contributed by atoms with van der Waals surface area (Å²) in [5.74, 6) is 1.65. The molecular formula is C21H19N3O4S2. The highest BCUT2D eigenvalue weighted by Gasteiger charge is 2.18. The molecule has 30 heavy (non-hydrogen) atoms. The van der Waals surface area contributed by atoms with Gasteiger partial charge in [-0.1, -0.05) is 17.4 Å². The number of fused-ring (bicyclic) bond motifs is 1. The Hall–Kier alpha value is -3.17. The summed E-state index contributed by atoms with van der Waals surface area (Å²) < 4.78 is 17.3. The van der Waals surface area contributed by atoms with E-state index >= 15 is 0 Å². The van der Waals surface area contributed by atoms with E-state index in [4.69, 9.17) is 14.2 Å². The van der Waals surface area contributed by atoms with E-state index in [-0.39, 0.29) is 5.91 Å². The Morgan fingerprint density at radius 1 is 1.13 bits per heavy atom. The molecule has 0 bridgehead atoms. The van der Waals surface area contributed by atoms with E-state index in [1.54, 1.807) is 19.6 Å². The van der Waals surface area contributed by atoms with Crippen LogP contribution >= 0.6 is 22.7 Å². The van der Waals surface area contributed by atoms with E-state index in [0.29, 0.717) is 33.9 Å². The van der Waals surface area contributed by atoms with Gasteiger partial charge in [-0.2, -0.15) is 0 Å². The topological polar surface area (TPSA) is 82.6 Å². The van der Waals surface area contributed by atoms with Crippen LogP contribution in [0.2, 0.25) is 0 Å². The lowest BCUT2D eigenvalue weighted by molar-refractivity contribution is 0.102. The van der Waals surface area contributed by atoms with Gasteiger partial charge in [0.2, 0.25) is 0 Å². The Bertz CT molecular complexity index is 1200. The largest absolute Gasteiger partial charge is 0.494 e. The number of hydrogen-bond acceptors (Lipinski definition) is 8. The van der Waals surface area contributed by atoms with Crippen molar-refractivity contribution in [2.75, 3.05) is 26.1 Å². The number of rotatable bonds is 7. The number of methoxy groups -OCH3 is 2. The fourth-order valence-corrected chi connectivity index (χ4v) is 4.64. The smallest absolute Gasteiger partial charge is 0.276 e. The summed E-state index contributed by atoms with van der Waals surface area (Å²) in [5, 5.41) is 5.72.